The van der Waals surface area contributed by atoms with Gasteiger partial charge in [-0.3, -0.25) is 0 Å². The van der Waals surface area contributed by atoms with Gasteiger partial charge in [-0.05, 0) is 6.92 Å². The summed E-state index contributed by atoms with van der Waals surface area (Å²) in [7, 11) is 0. The van der Waals surface area contributed by atoms with Crippen molar-refractivity contribution in [1.29, 1.82) is 0 Å². The van der Waals surface area contributed by atoms with Crippen LogP contribution in [0.3, 0.4) is 0 Å². The third-order valence-corrected chi connectivity index (χ3v) is 0.204. The molecule has 2 heteroatoms. The molecule has 0 radical (unpaired) electrons. The molecule has 0 aromatic rings. The van der Waals surface area contributed by atoms with Gasteiger partial charge in [0.25, 0.3) is 0 Å². The summed E-state index contributed by atoms with van der Waals surface area (Å²) in [6.45, 7) is 7.25. The van der Waals surface area contributed by atoms with Crippen LogP contribution in [0.25, 0.3) is 0 Å². The number of ether oxygens (including phenoxy) is 1. The molecule has 2 N–H and O–H groups in total. The number of hydrogen-bond acceptors (Lipinski definition) is 1. The van der Waals surface area contributed by atoms with E-state index in [-0.39, 0.29) is 5.48 Å². The van der Waals surface area contributed by atoms with Gasteiger partial charge in [-0.2, -0.15) is 0 Å². The first-order chi connectivity index (χ1) is 2.91. The first kappa shape index (κ1) is 9.83. The van der Waals surface area contributed by atoms with E-state index in [4.69, 9.17) is 0 Å². The van der Waals surface area contributed by atoms with Gasteiger partial charge in [0.2, 0.25) is 0 Å². The van der Waals surface area contributed by atoms with Crippen molar-refractivity contribution in [3.05, 3.63) is 12.7 Å². The van der Waals surface area contributed by atoms with Crippen LogP contribution in [0.4, 0.5) is 0 Å². The fourth-order valence-electron chi connectivity index (χ4n) is 0. The Morgan fingerprint density at radius 1 is 1.57 bits per heavy atom. The van der Waals surface area contributed by atoms with E-state index in [1.54, 1.807) is 6.08 Å². The fourth-order valence-corrected chi connectivity index (χ4v) is 0. The van der Waals surface area contributed by atoms with E-state index >= 15 is 0 Å². The minimum absolute atomic E-state index is 0. The number of epoxide rings is 1. The minimum Gasteiger partial charge on any atom is -0.412 e. The van der Waals surface area contributed by atoms with E-state index in [9.17, 15) is 0 Å². The molecule has 0 aromatic carbocycles. The lowest BCUT2D eigenvalue weighted by molar-refractivity contribution is 0.475. The highest BCUT2D eigenvalue weighted by Gasteiger charge is 1.94. The van der Waals surface area contributed by atoms with Crippen molar-refractivity contribution in [2.24, 2.45) is 0 Å². The van der Waals surface area contributed by atoms with Crippen molar-refractivity contribution in [2.45, 2.75) is 6.92 Å². The molecule has 0 amide bonds. The largest absolute Gasteiger partial charge is 0.412 e. The van der Waals surface area contributed by atoms with Gasteiger partial charge < -0.3 is 10.2 Å². The van der Waals surface area contributed by atoms with Gasteiger partial charge in [0, 0.05) is 0 Å². The number of hydrogen-bond donors (Lipinski definition) is 0. The van der Waals surface area contributed by atoms with E-state index in [0.717, 1.165) is 13.2 Å². The Labute approximate surface area is 44.1 Å². The molecular formula is C5H12O2. The quantitative estimate of drug-likeness (QED) is 0.323. The molecule has 44 valence electrons. The average Bonchev–Trinajstić information content (AvgIpc) is 2.11. The minimum atomic E-state index is 0. The topological polar surface area (TPSA) is 44.0 Å². The Hall–Kier alpha value is -0.340. The van der Waals surface area contributed by atoms with Crippen LogP contribution in [0, 0.1) is 0 Å². The maximum absolute atomic E-state index is 4.50. The Kier molecular flexibility index (Phi) is 12.9. The van der Waals surface area contributed by atoms with Gasteiger partial charge >= 0.3 is 0 Å². The molecule has 0 saturated carbocycles. The molecule has 1 aliphatic rings. The molecule has 1 aliphatic heterocycles. The van der Waals surface area contributed by atoms with Gasteiger partial charge in [0.1, 0.15) is 0 Å². The fraction of sp³-hybridized carbons (Fsp3) is 0.600. The summed E-state index contributed by atoms with van der Waals surface area (Å²) in [5.74, 6) is 0. The predicted octanol–water partition coefficient (Wildman–Crippen LogP) is 0.384. The summed E-state index contributed by atoms with van der Waals surface area (Å²) in [5, 5.41) is 0. The van der Waals surface area contributed by atoms with Crippen molar-refractivity contribution in [1.82, 2.24) is 0 Å². The van der Waals surface area contributed by atoms with E-state index in [2.05, 4.69) is 11.3 Å². The standard InChI is InChI=1S/C3H6.C2H4O.H2O/c1-3-2;1-2-3-1;/h3H,1H2,2H3;1-2H2;1H2. The lowest BCUT2D eigenvalue weighted by atomic mass is 10.8. The zero-order valence-corrected chi connectivity index (χ0v) is 4.61. The second kappa shape index (κ2) is 9.18. The Morgan fingerprint density at radius 3 is 1.71 bits per heavy atom. The van der Waals surface area contributed by atoms with Gasteiger partial charge in [-0.1, -0.05) is 6.08 Å². The van der Waals surface area contributed by atoms with E-state index < -0.39 is 0 Å². The molecular weight excluding hydrogens is 92.1 g/mol. The summed E-state index contributed by atoms with van der Waals surface area (Å²) in [6, 6.07) is 0. The van der Waals surface area contributed by atoms with E-state index in [1.807, 2.05) is 6.92 Å². The molecule has 1 fully saturated rings. The molecule has 1 rings (SSSR count). The predicted molar refractivity (Wildman–Crippen MR) is 30.3 cm³/mol. The lowest BCUT2D eigenvalue weighted by Gasteiger charge is -1.31. The van der Waals surface area contributed by atoms with Gasteiger partial charge in [0.15, 0.2) is 0 Å². The first-order valence-corrected chi connectivity index (χ1v) is 2.06. The molecule has 7 heavy (non-hydrogen) atoms. The molecule has 0 aromatic heterocycles. The van der Waals surface area contributed by atoms with Crippen LogP contribution >= 0.6 is 0 Å². The monoisotopic (exact) mass is 104 g/mol. The van der Waals surface area contributed by atoms with E-state index in [1.165, 1.54) is 0 Å². The van der Waals surface area contributed by atoms with Crippen LogP contribution in [0.15, 0.2) is 12.7 Å². The summed E-state index contributed by atoms with van der Waals surface area (Å²) in [5.41, 5.74) is 0. The molecule has 0 bridgehead atoms. The highest BCUT2D eigenvalue weighted by molar-refractivity contribution is 4.51. The SMILES string of the molecule is C1CO1.C=CC.O. The van der Waals surface area contributed by atoms with Crippen LogP contribution in [-0.2, 0) is 4.74 Å². The van der Waals surface area contributed by atoms with E-state index in [0.29, 0.717) is 0 Å². The Balaban J connectivity index is 0. The summed E-state index contributed by atoms with van der Waals surface area (Å²) in [6.07, 6.45) is 1.75. The third kappa shape index (κ3) is 174. The zero-order valence-electron chi connectivity index (χ0n) is 4.61. The number of rotatable bonds is 0. The van der Waals surface area contributed by atoms with Crippen molar-refractivity contribution >= 4 is 0 Å². The lowest BCUT2D eigenvalue weighted by Crippen LogP contribution is -1.20. The number of allylic oxidation sites excluding steroid dienone is 1. The van der Waals surface area contributed by atoms with Gasteiger partial charge in [0.05, 0.1) is 13.2 Å². The summed E-state index contributed by atoms with van der Waals surface area (Å²) < 4.78 is 4.50. The van der Waals surface area contributed by atoms with Crippen molar-refractivity contribution in [3.8, 4) is 0 Å². The highest BCUT2D eigenvalue weighted by Crippen LogP contribution is 1.84. The van der Waals surface area contributed by atoms with Crippen LogP contribution in [0.2, 0.25) is 0 Å². The van der Waals surface area contributed by atoms with Crippen LogP contribution in [0.5, 0.6) is 0 Å². The van der Waals surface area contributed by atoms with Crippen LogP contribution < -0.4 is 0 Å². The smallest absolute Gasteiger partial charge is 0.0701 e. The normalized spacial score (nSPS) is 12.1. The second-order valence-electron chi connectivity index (χ2n) is 1.02. The third-order valence-electron chi connectivity index (χ3n) is 0.204. The summed E-state index contributed by atoms with van der Waals surface area (Å²) >= 11 is 0. The maximum atomic E-state index is 4.50. The maximum Gasteiger partial charge on any atom is 0.0701 e. The first-order valence-electron chi connectivity index (χ1n) is 2.06. The molecule has 0 spiro atoms. The summed E-state index contributed by atoms with van der Waals surface area (Å²) in [4.78, 5) is 0. The molecule has 0 aliphatic carbocycles. The molecule has 2 nitrogen and oxygen atoms in total. The van der Waals surface area contributed by atoms with Crippen molar-refractivity contribution in [2.75, 3.05) is 13.2 Å². The average molecular weight is 104 g/mol. The second-order valence-corrected chi connectivity index (χ2v) is 1.02. The Bertz CT molecular complexity index is 30.3. The van der Waals surface area contributed by atoms with Crippen LogP contribution in [0.1, 0.15) is 6.92 Å². The van der Waals surface area contributed by atoms with Crippen LogP contribution in [-0.4, -0.2) is 18.7 Å². The molecule has 1 saturated heterocycles. The molecule has 0 atom stereocenters. The molecule has 0 unspecified atom stereocenters. The van der Waals surface area contributed by atoms with Gasteiger partial charge in [-0.15, -0.1) is 6.58 Å². The van der Waals surface area contributed by atoms with Crippen molar-refractivity contribution in [3.63, 3.8) is 0 Å². The highest BCUT2D eigenvalue weighted by atomic mass is 16.6. The zero-order chi connectivity index (χ0) is 4.83. The molecule has 1 heterocycles. The Morgan fingerprint density at radius 2 is 1.71 bits per heavy atom. The van der Waals surface area contributed by atoms with Crippen molar-refractivity contribution < 1.29 is 10.2 Å². The van der Waals surface area contributed by atoms with Gasteiger partial charge in [-0.25, -0.2) is 0 Å².